The molecule has 7 fully saturated rings. The molecule has 0 spiro atoms. The molecule has 12 heterocycles. The SMILES string of the molecule is CC[C@H]1O[C@@H](OC(=O)c2ccccc2)[C@](C)(OC(=O)c2ccccc2)[C@@H]1C.CC[C@H]1O[C@@H](n2cnc3c(Cl)nc(Cl)nc32)[C@](C)(OC(=O)c2ccccc2)[C@@H]1C.C[C@@]1(O)[C@H](O)[C@@H](CO)O[C@H]1n1cnc2c(NC3CCCC3)nc(Cl)nc21.C[C@@]1(O)[C@H](O)[C@@H](COP(=O)(O)CP(=O)(O)O)O[C@H]1n1cnc2c(NC3CCCC3)nc(Cl)nc21.Clc1nc(Cl)c2[nH]cnc2n1.NC1CCCC1.O=P(Cl)(Cl)CP(=O)(Cl)Cl. The van der Waals surface area contributed by atoms with Crippen LogP contribution in [0.4, 0.5) is 11.6 Å². The Hall–Kier alpha value is -6.87. The highest BCUT2D eigenvalue weighted by Crippen LogP contribution is 2.72. The minimum absolute atomic E-state index is 0.00493. The van der Waals surface area contributed by atoms with E-state index in [0.717, 1.165) is 51.4 Å². The number of H-pyrrole nitrogens is 1. The summed E-state index contributed by atoms with van der Waals surface area (Å²) in [5.74, 6) is -9.29. The Kier molecular flexibility index (Phi) is 39.0. The van der Waals surface area contributed by atoms with Crippen LogP contribution in [0.15, 0.2) is 116 Å². The van der Waals surface area contributed by atoms with Crippen molar-refractivity contribution in [1.82, 2.24) is 78.5 Å². The number of benzene rings is 3. The van der Waals surface area contributed by atoms with E-state index < -0.39 is 142 Å². The van der Waals surface area contributed by atoms with Crippen molar-refractivity contribution in [3.05, 3.63) is 164 Å². The van der Waals surface area contributed by atoms with E-state index in [2.05, 4.69) is 75.4 Å². The molecule has 1 unspecified atom stereocenters. The number of imidazole rings is 4. The van der Waals surface area contributed by atoms with Gasteiger partial charge in [-0.15, -0.1) is 0 Å². The van der Waals surface area contributed by atoms with Gasteiger partial charge in [0.2, 0.25) is 27.4 Å². The van der Waals surface area contributed by atoms with Crippen LogP contribution in [0, 0.1) is 11.8 Å². The molecule has 4 aliphatic heterocycles. The fourth-order valence-corrected chi connectivity index (χ4v) is 29.8. The Bertz CT molecular complexity index is 6350. The van der Waals surface area contributed by atoms with Gasteiger partial charge in [-0.1, -0.05) is 144 Å². The van der Waals surface area contributed by atoms with Gasteiger partial charge < -0.3 is 99.2 Å². The van der Waals surface area contributed by atoms with Crippen LogP contribution < -0.4 is 16.4 Å². The third-order valence-electron chi connectivity index (χ3n) is 24.9. The lowest BCUT2D eigenvalue weighted by molar-refractivity contribution is -0.169. The summed E-state index contributed by atoms with van der Waals surface area (Å²) in [6.07, 6.45) is 12.1. The van der Waals surface area contributed by atoms with E-state index in [9.17, 15) is 63.1 Å². The van der Waals surface area contributed by atoms with Gasteiger partial charge in [-0.2, -0.15) is 29.9 Å². The van der Waals surface area contributed by atoms with Gasteiger partial charge in [0.15, 0.2) is 91.4 Å². The molecule has 7 aliphatic rings. The zero-order chi connectivity index (χ0) is 104. The predicted octanol–water partition coefficient (Wildman–Crippen LogP) is 17.8. The summed E-state index contributed by atoms with van der Waals surface area (Å²) in [4.78, 5) is 118. The fourth-order valence-electron chi connectivity index (χ4n) is 17.1. The molecule has 18 rings (SSSR count). The molecule has 11 aromatic rings. The number of anilines is 2. The largest absolute Gasteiger partial charge is 0.451 e. The van der Waals surface area contributed by atoms with Crippen molar-refractivity contribution in [3.63, 3.8) is 0 Å². The average Bonchev–Trinajstić information content (AvgIpc) is 1.58. The number of esters is 3. The van der Waals surface area contributed by atoms with E-state index in [1.807, 2.05) is 52.8 Å². The molecule has 0 bridgehead atoms. The standard InChI is InChI=1S/C22H24O5.C20H20Cl2N4O3.C17H26ClN5O9P2.C16H22ClN5O4.C5H2Cl2N4.C5H11N.CH2Cl4O2P2/c1-4-18-15(2)22(3,27-20(24)17-13-9-6-10-14-17)21(25-18)26-19(23)16-11-7-5-8-12-16;1-4-13-11(2)20(3,29-17(27)12-8-6-5-7-9-12)18(28-13)26-10-23-14-15(21)24-19(22)25-16(14)26;1-17(25)12(24)10(6-31-34(29,30)8-33(26,27)28)32-15(17)23-7-19-11-13(20-9-4-2-3-5-9)21-16(18)22-14(11)23;1-16(25)11(24)9(6-23)26-14(16)22-7-18-10-12(19-8-4-2-3-5-8)20-15(17)21-13(10)22;6-3-2-4(9-1-8-2)11-5(7)10-3;6-5-3-1-2-4-5;2-8(3,6)1-9(4,5)7/h5-15,18,21H,4H2,1-3H3;5-11,13,18H,4H2,1-3H3;7,9-10,12,15,24-25H,2-6,8H2,1H3,(H,29,30)(H,20,21,22)(H2,26,27,28);7-9,11,14,23-25H,2-6H2,1H3,(H,19,20,21);1H,(H,8,9,10,11);5H,1-4,6H2;1H2/t15-,18-,21+,22-;11-,13-,18-,20-;10-,12-,15-,17-;9-,11-,14-,16-;;;/m1111.../s1. The van der Waals surface area contributed by atoms with Crippen LogP contribution in [0.25, 0.3) is 44.7 Å². The van der Waals surface area contributed by atoms with Crippen molar-refractivity contribution in [2.24, 2.45) is 17.6 Å². The van der Waals surface area contributed by atoms with E-state index in [1.165, 1.54) is 80.5 Å². The van der Waals surface area contributed by atoms with Crippen molar-refractivity contribution < 1.29 is 111 Å². The number of nitrogens with two attached hydrogens (primary N) is 1. The van der Waals surface area contributed by atoms with Gasteiger partial charge in [-0.25, -0.2) is 44.3 Å². The first-order valence-electron chi connectivity index (χ1n) is 44.9. The second kappa shape index (κ2) is 48.6. The third kappa shape index (κ3) is 28.6. The summed E-state index contributed by atoms with van der Waals surface area (Å²) in [5.41, 5.74) is 4.72. The molecule has 4 saturated heterocycles. The molecule has 0 radical (unpaired) electrons. The Morgan fingerprint density at radius 3 is 1.32 bits per heavy atom. The molecule has 774 valence electrons. The van der Waals surface area contributed by atoms with Crippen molar-refractivity contribution in [2.75, 3.05) is 35.7 Å². The van der Waals surface area contributed by atoms with Crippen molar-refractivity contribution in [1.29, 1.82) is 0 Å². The highest BCUT2D eigenvalue weighted by atomic mass is 35.9. The summed E-state index contributed by atoms with van der Waals surface area (Å²) in [6, 6.07) is 27.4. The first-order valence-corrected chi connectivity index (χ1v) is 58.1. The number of aliphatic hydroxyl groups is 5. The van der Waals surface area contributed by atoms with Crippen LogP contribution in [0.1, 0.15) is 195 Å². The normalized spacial score (nSPS) is 26.6. The lowest BCUT2D eigenvalue weighted by Gasteiger charge is -2.33. The molecule has 8 aromatic heterocycles. The van der Waals surface area contributed by atoms with Crippen molar-refractivity contribution in [3.8, 4) is 0 Å². The zero-order valence-corrected chi connectivity index (χ0v) is 88.6. The van der Waals surface area contributed by atoms with E-state index in [4.69, 9.17) is 168 Å². The van der Waals surface area contributed by atoms with E-state index in [-0.39, 0.29) is 67.2 Å². The van der Waals surface area contributed by atoms with Crippen molar-refractivity contribution >= 4 is 216 Å². The summed E-state index contributed by atoms with van der Waals surface area (Å²) < 4.78 is 94.3. The third-order valence-corrected chi connectivity index (χ3v) is 36.0. The van der Waals surface area contributed by atoms with E-state index in [0.29, 0.717) is 79.4 Å². The van der Waals surface area contributed by atoms with Gasteiger partial charge in [0.1, 0.15) is 52.6 Å². The van der Waals surface area contributed by atoms with Crippen molar-refractivity contribution in [2.45, 2.75) is 247 Å². The number of fused-ring (bicyclic) bond motifs is 4. The number of carbonyl (C=O) groups is 3. The van der Waals surface area contributed by atoms with Gasteiger partial charge in [0.25, 0.3) is 11.7 Å². The number of nitrogens with one attached hydrogen (secondary N) is 3. The van der Waals surface area contributed by atoms with Crippen LogP contribution in [-0.2, 0) is 55.9 Å². The quantitative estimate of drug-likeness (QED) is 0.00930. The zero-order valence-electron chi connectivity index (χ0n) is 77.4. The maximum absolute atomic E-state index is 12.9. The number of aliphatic hydroxyl groups excluding tert-OH is 3. The Balaban J connectivity index is 0.000000156. The minimum Gasteiger partial charge on any atom is -0.451 e. The number of nitrogens with zero attached hydrogens (tertiary/aromatic N) is 15. The van der Waals surface area contributed by atoms with Crippen LogP contribution in [0.2, 0.25) is 31.4 Å². The maximum atomic E-state index is 12.9. The maximum Gasteiger partial charge on any atom is 0.340 e. The highest BCUT2D eigenvalue weighted by Gasteiger charge is 2.59. The molecule has 13 N–H and O–H groups in total. The molecule has 142 heavy (non-hydrogen) atoms. The molecular formula is C86H107Cl10N19O23P4. The van der Waals surface area contributed by atoms with E-state index in [1.54, 1.807) is 90.6 Å². The first kappa shape index (κ1) is 114. The van der Waals surface area contributed by atoms with Crippen LogP contribution in [0.3, 0.4) is 0 Å². The summed E-state index contributed by atoms with van der Waals surface area (Å²) >= 11 is 55.6. The molecule has 3 aromatic carbocycles. The minimum atomic E-state index is -4.83. The second-order valence-electron chi connectivity index (χ2n) is 35.3. The molecule has 17 atom stereocenters. The number of aromatic nitrogens is 16. The van der Waals surface area contributed by atoms with Crippen LogP contribution in [-0.4, -0.2) is 245 Å². The second-order valence-corrected chi connectivity index (χ2v) is 52.4. The molecular weight excluding hydrogens is 2150 g/mol. The average molecular weight is 2250 g/mol. The number of halogens is 10. The van der Waals surface area contributed by atoms with Gasteiger partial charge in [-0.05, 0) is 207 Å². The first-order chi connectivity index (χ1) is 66.9. The molecule has 42 nitrogen and oxygen atoms in total. The Morgan fingerprint density at radius 1 is 0.500 bits per heavy atom. The van der Waals surface area contributed by atoms with Gasteiger partial charge in [-0.3, -0.25) is 32.0 Å². The number of rotatable bonds is 23. The molecule has 3 aliphatic carbocycles. The van der Waals surface area contributed by atoms with Gasteiger partial charge >= 0.3 is 33.1 Å². The lowest BCUT2D eigenvalue weighted by Crippen LogP contribution is -2.46. The van der Waals surface area contributed by atoms with Gasteiger partial charge in [0.05, 0.1) is 67.4 Å². The number of ether oxygens (including phenoxy) is 7. The number of carbonyl (C=O) groups excluding carboxylic acids is 3. The molecule has 56 heteroatoms. The number of aromatic amines is 1. The van der Waals surface area contributed by atoms with Crippen LogP contribution in [0.5, 0.6) is 0 Å². The van der Waals surface area contributed by atoms with Crippen LogP contribution >= 0.6 is 141 Å². The van der Waals surface area contributed by atoms with E-state index >= 15 is 0 Å². The number of hydrogen-bond acceptors (Lipinski definition) is 35. The van der Waals surface area contributed by atoms with Gasteiger partial charge in [0, 0.05) is 30.0 Å². The predicted molar refractivity (Wildman–Crippen MR) is 534 cm³/mol. The highest BCUT2D eigenvalue weighted by molar-refractivity contribution is 8.21. The topological polar surface area (TPSA) is 591 Å². The Labute approximate surface area is 863 Å². The monoisotopic (exact) mass is 2250 g/mol. The Morgan fingerprint density at radius 2 is 0.887 bits per heavy atom. The smallest absolute Gasteiger partial charge is 0.340 e. The summed E-state index contributed by atoms with van der Waals surface area (Å²) in [7, 11) is -9.51. The molecule has 0 amide bonds. The summed E-state index contributed by atoms with van der Waals surface area (Å²) in [6.45, 7) is 13.2. The lowest BCUT2D eigenvalue weighted by atomic mass is 9.86. The fraction of sp³-hybridized carbons (Fsp3) is 0.523. The number of hydrogen-bond donors (Lipinski definition) is 12. The molecule has 3 saturated carbocycles. The summed E-state index contributed by atoms with van der Waals surface area (Å²) in [5, 5.41) is 59.1.